The van der Waals surface area contributed by atoms with Crippen molar-refractivity contribution < 1.29 is 13.2 Å². The SMILES string of the molecule is CN(c1ccc(CN[C@H](C(N)=O)c2ccccc2)cc1)S(C)(=O)=O. The standard InChI is InChI=1S/C17H21N3O3S/c1-20(24(2,22)23)15-10-8-13(9-11-15)12-19-16(17(18)21)14-6-4-3-5-7-14/h3-11,16,19H,12H2,1-2H3,(H2,18,21)/t16-/m0/s1. The molecular weight excluding hydrogens is 326 g/mol. The molecule has 1 amide bonds. The molecule has 0 radical (unpaired) electrons. The number of hydrogen-bond donors (Lipinski definition) is 2. The van der Waals surface area contributed by atoms with Gasteiger partial charge in [-0.25, -0.2) is 8.42 Å². The Morgan fingerprint density at radius 1 is 1.12 bits per heavy atom. The van der Waals surface area contributed by atoms with Crippen molar-refractivity contribution in [2.45, 2.75) is 12.6 Å². The molecule has 3 N–H and O–H groups in total. The number of primary amides is 1. The first kappa shape index (κ1) is 18.0. The van der Waals surface area contributed by atoms with Crippen LogP contribution in [-0.4, -0.2) is 27.6 Å². The van der Waals surface area contributed by atoms with Gasteiger partial charge in [0.05, 0.1) is 11.9 Å². The van der Waals surface area contributed by atoms with Crippen molar-refractivity contribution >= 4 is 21.6 Å². The van der Waals surface area contributed by atoms with E-state index in [-0.39, 0.29) is 0 Å². The van der Waals surface area contributed by atoms with Gasteiger partial charge in [-0.2, -0.15) is 0 Å². The highest BCUT2D eigenvalue weighted by Gasteiger charge is 2.17. The minimum absolute atomic E-state index is 0.436. The average molecular weight is 347 g/mol. The molecule has 6 nitrogen and oxygen atoms in total. The van der Waals surface area contributed by atoms with Gasteiger partial charge in [-0.15, -0.1) is 0 Å². The number of carbonyl (C=O) groups excluding carboxylic acids is 1. The molecule has 1 atom stereocenters. The Morgan fingerprint density at radius 3 is 2.21 bits per heavy atom. The molecule has 128 valence electrons. The van der Waals surface area contributed by atoms with Gasteiger partial charge in [0.2, 0.25) is 15.9 Å². The molecule has 2 aromatic rings. The van der Waals surface area contributed by atoms with Gasteiger partial charge in [-0.3, -0.25) is 14.4 Å². The molecule has 0 aromatic heterocycles. The van der Waals surface area contributed by atoms with E-state index in [9.17, 15) is 13.2 Å². The van der Waals surface area contributed by atoms with Gasteiger partial charge in [-0.05, 0) is 23.3 Å². The summed E-state index contributed by atoms with van der Waals surface area (Å²) in [5.74, 6) is -0.449. The first-order valence-electron chi connectivity index (χ1n) is 7.39. The number of sulfonamides is 1. The van der Waals surface area contributed by atoms with Crippen molar-refractivity contribution in [2.24, 2.45) is 5.73 Å². The maximum absolute atomic E-state index is 11.7. The number of nitrogens with one attached hydrogen (secondary N) is 1. The summed E-state index contributed by atoms with van der Waals surface area (Å²) >= 11 is 0. The first-order valence-corrected chi connectivity index (χ1v) is 9.24. The molecule has 0 unspecified atom stereocenters. The van der Waals surface area contributed by atoms with Crippen molar-refractivity contribution in [1.82, 2.24) is 5.32 Å². The number of carbonyl (C=O) groups is 1. The molecule has 0 aliphatic rings. The smallest absolute Gasteiger partial charge is 0.239 e. The number of nitrogens with two attached hydrogens (primary N) is 1. The fraction of sp³-hybridized carbons (Fsp3) is 0.235. The Bertz CT molecular complexity index is 790. The third-order valence-corrected chi connectivity index (χ3v) is 4.93. The van der Waals surface area contributed by atoms with Crippen LogP contribution in [0.3, 0.4) is 0 Å². The topological polar surface area (TPSA) is 92.5 Å². The zero-order chi connectivity index (χ0) is 17.7. The fourth-order valence-corrected chi connectivity index (χ4v) is 2.77. The molecule has 2 aromatic carbocycles. The summed E-state index contributed by atoms with van der Waals surface area (Å²) in [6.45, 7) is 0.436. The molecule has 0 spiro atoms. The predicted octanol–water partition coefficient (Wildman–Crippen LogP) is 1.40. The van der Waals surface area contributed by atoms with Crippen molar-refractivity contribution in [3.8, 4) is 0 Å². The zero-order valence-corrected chi connectivity index (χ0v) is 14.5. The summed E-state index contributed by atoms with van der Waals surface area (Å²) in [7, 11) is -1.78. The highest BCUT2D eigenvalue weighted by atomic mass is 32.2. The summed E-state index contributed by atoms with van der Waals surface area (Å²) in [5, 5.41) is 3.12. The average Bonchev–Trinajstić information content (AvgIpc) is 2.55. The van der Waals surface area contributed by atoms with Gasteiger partial charge < -0.3 is 5.73 Å². The van der Waals surface area contributed by atoms with Gasteiger partial charge in [-0.1, -0.05) is 42.5 Å². The summed E-state index contributed by atoms with van der Waals surface area (Å²) in [6, 6.07) is 15.7. The predicted molar refractivity (Wildman–Crippen MR) is 94.9 cm³/mol. The molecule has 0 fully saturated rings. The maximum atomic E-state index is 11.7. The van der Waals surface area contributed by atoms with E-state index in [1.165, 1.54) is 11.4 Å². The number of nitrogens with zero attached hydrogens (tertiary/aromatic N) is 1. The molecule has 0 heterocycles. The summed E-state index contributed by atoms with van der Waals surface area (Å²) in [6.07, 6.45) is 1.15. The van der Waals surface area contributed by atoms with Crippen molar-refractivity contribution in [2.75, 3.05) is 17.6 Å². The Morgan fingerprint density at radius 2 is 1.71 bits per heavy atom. The minimum Gasteiger partial charge on any atom is -0.368 e. The third-order valence-electron chi connectivity index (χ3n) is 3.73. The van der Waals surface area contributed by atoms with Crippen LogP contribution < -0.4 is 15.4 Å². The minimum atomic E-state index is -3.29. The van der Waals surface area contributed by atoms with E-state index in [1.807, 2.05) is 42.5 Å². The molecular formula is C17H21N3O3S. The van der Waals surface area contributed by atoms with Crippen LogP contribution in [0.25, 0.3) is 0 Å². The normalized spacial score (nSPS) is 12.6. The van der Waals surface area contributed by atoms with Crippen LogP contribution in [0.5, 0.6) is 0 Å². The Kier molecular flexibility index (Phi) is 5.58. The quantitative estimate of drug-likeness (QED) is 0.792. The Balaban J connectivity index is 2.07. The lowest BCUT2D eigenvalue weighted by Gasteiger charge is -2.18. The van der Waals surface area contributed by atoms with Crippen molar-refractivity contribution in [3.63, 3.8) is 0 Å². The molecule has 0 aliphatic carbocycles. The Hall–Kier alpha value is -2.38. The van der Waals surface area contributed by atoms with Gasteiger partial charge >= 0.3 is 0 Å². The van der Waals surface area contributed by atoms with E-state index in [0.29, 0.717) is 12.2 Å². The number of benzene rings is 2. The first-order chi connectivity index (χ1) is 11.3. The molecule has 7 heteroatoms. The van der Waals surface area contributed by atoms with Gasteiger partial charge in [0.25, 0.3) is 0 Å². The molecule has 0 bridgehead atoms. The monoisotopic (exact) mass is 347 g/mol. The van der Waals surface area contributed by atoms with Crippen LogP contribution in [0.2, 0.25) is 0 Å². The fourth-order valence-electron chi connectivity index (χ4n) is 2.26. The van der Waals surface area contributed by atoms with Crippen molar-refractivity contribution in [1.29, 1.82) is 0 Å². The highest BCUT2D eigenvalue weighted by Crippen LogP contribution is 2.17. The lowest BCUT2D eigenvalue weighted by molar-refractivity contribution is -0.120. The molecule has 0 saturated carbocycles. The lowest BCUT2D eigenvalue weighted by Crippen LogP contribution is -2.33. The van der Waals surface area contributed by atoms with Crippen LogP contribution in [0.1, 0.15) is 17.2 Å². The van der Waals surface area contributed by atoms with E-state index in [1.54, 1.807) is 12.1 Å². The van der Waals surface area contributed by atoms with Gasteiger partial charge in [0, 0.05) is 13.6 Å². The maximum Gasteiger partial charge on any atom is 0.239 e. The third kappa shape index (κ3) is 4.56. The Labute approximate surface area is 142 Å². The molecule has 0 aliphatic heterocycles. The highest BCUT2D eigenvalue weighted by molar-refractivity contribution is 7.92. The molecule has 24 heavy (non-hydrogen) atoms. The second-order valence-electron chi connectivity index (χ2n) is 5.52. The van der Waals surface area contributed by atoms with E-state index < -0.39 is 22.0 Å². The van der Waals surface area contributed by atoms with E-state index in [2.05, 4.69) is 5.32 Å². The van der Waals surface area contributed by atoms with E-state index in [4.69, 9.17) is 5.73 Å². The molecule has 2 rings (SSSR count). The van der Waals surface area contributed by atoms with Crippen LogP contribution in [0.4, 0.5) is 5.69 Å². The summed E-state index contributed by atoms with van der Waals surface area (Å²) in [5.41, 5.74) is 7.77. The van der Waals surface area contributed by atoms with E-state index >= 15 is 0 Å². The van der Waals surface area contributed by atoms with Gasteiger partial charge in [0.15, 0.2) is 0 Å². The second-order valence-corrected chi connectivity index (χ2v) is 7.54. The lowest BCUT2D eigenvalue weighted by atomic mass is 10.1. The van der Waals surface area contributed by atoms with Crippen molar-refractivity contribution in [3.05, 3.63) is 65.7 Å². The van der Waals surface area contributed by atoms with Crippen LogP contribution in [0, 0.1) is 0 Å². The summed E-state index contributed by atoms with van der Waals surface area (Å²) in [4.78, 5) is 11.7. The number of hydrogen-bond acceptors (Lipinski definition) is 4. The number of rotatable bonds is 7. The summed E-state index contributed by atoms with van der Waals surface area (Å²) < 4.78 is 24.3. The van der Waals surface area contributed by atoms with E-state index in [0.717, 1.165) is 17.4 Å². The number of anilines is 1. The number of amides is 1. The van der Waals surface area contributed by atoms with Gasteiger partial charge in [0.1, 0.15) is 6.04 Å². The molecule has 0 saturated heterocycles. The second kappa shape index (κ2) is 7.46. The van der Waals surface area contributed by atoms with Crippen LogP contribution in [-0.2, 0) is 21.4 Å². The van der Waals surface area contributed by atoms with Crippen LogP contribution >= 0.6 is 0 Å². The largest absolute Gasteiger partial charge is 0.368 e. The van der Waals surface area contributed by atoms with Crippen LogP contribution in [0.15, 0.2) is 54.6 Å². The zero-order valence-electron chi connectivity index (χ0n) is 13.6.